The molecule has 2 atom stereocenters. The zero-order chi connectivity index (χ0) is 13.8. The van der Waals surface area contributed by atoms with Gasteiger partial charge in [-0.05, 0) is 43.0 Å². The smallest absolute Gasteiger partial charge is 0.140 e. The van der Waals surface area contributed by atoms with E-state index >= 15 is 0 Å². The van der Waals surface area contributed by atoms with E-state index < -0.39 is 5.82 Å². The Morgan fingerprint density at radius 1 is 1.53 bits per heavy atom. The van der Waals surface area contributed by atoms with Gasteiger partial charge in [0.2, 0.25) is 0 Å². The standard InChI is InChI=1S/C15H19FN2O/c1-11-3-2-6-18(15(11)10-19)9-12-4-5-14(16)13(7-12)8-17/h4-5,7,11,15,19H,2-3,6,9-10H2,1H3/t11-,15+/m1/s1. The molecule has 1 N–H and O–H groups in total. The molecule has 1 aromatic rings. The summed E-state index contributed by atoms with van der Waals surface area (Å²) < 4.78 is 13.3. The summed E-state index contributed by atoms with van der Waals surface area (Å²) in [5.41, 5.74) is 1.01. The first-order valence-electron chi connectivity index (χ1n) is 6.69. The fourth-order valence-electron chi connectivity index (χ4n) is 2.82. The normalized spacial score (nSPS) is 24.1. The molecule has 0 amide bonds. The van der Waals surface area contributed by atoms with Gasteiger partial charge in [0.15, 0.2) is 0 Å². The Hall–Kier alpha value is -1.44. The first-order valence-corrected chi connectivity index (χ1v) is 6.69. The van der Waals surface area contributed by atoms with E-state index in [0.717, 1.165) is 24.9 Å². The van der Waals surface area contributed by atoms with Gasteiger partial charge < -0.3 is 5.11 Å². The van der Waals surface area contributed by atoms with Crippen LogP contribution in [0.25, 0.3) is 0 Å². The maximum absolute atomic E-state index is 13.3. The molecule has 0 radical (unpaired) electrons. The Morgan fingerprint density at radius 2 is 2.32 bits per heavy atom. The second-order valence-electron chi connectivity index (χ2n) is 5.27. The van der Waals surface area contributed by atoms with E-state index in [1.807, 2.05) is 6.07 Å². The highest BCUT2D eigenvalue weighted by Crippen LogP contribution is 2.25. The lowest BCUT2D eigenvalue weighted by atomic mass is 9.91. The second-order valence-corrected chi connectivity index (χ2v) is 5.27. The van der Waals surface area contributed by atoms with Crippen LogP contribution in [-0.2, 0) is 6.54 Å². The van der Waals surface area contributed by atoms with Crippen LogP contribution in [0.15, 0.2) is 18.2 Å². The predicted molar refractivity (Wildman–Crippen MR) is 70.8 cm³/mol. The van der Waals surface area contributed by atoms with E-state index in [-0.39, 0.29) is 18.2 Å². The van der Waals surface area contributed by atoms with Crippen LogP contribution in [0.5, 0.6) is 0 Å². The van der Waals surface area contributed by atoms with E-state index in [9.17, 15) is 9.50 Å². The SMILES string of the molecule is C[C@@H]1CCCN(Cc2ccc(F)c(C#N)c2)[C@H]1CO. The van der Waals surface area contributed by atoms with Crippen molar-refractivity contribution in [2.75, 3.05) is 13.2 Å². The van der Waals surface area contributed by atoms with Crippen LogP contribution in [0, 0.1) is 23.1 Å². The molecule has 1 aliphatic heterocycles. The summed E-state index contributed by atoms with van der Waals surface area (Å²) >= 11 is 0. The lowest BCUT2D eigenvalue weighted by Crippen LogP contribution is -2.45. The van der Waals surface area contributed by atoms with Crippen molar-refractivity contribution in [3.63, 3.8) is 0 Å². The van der Waals surface area contributed by atoms with Crippen molar-refractivity contribution in [1.29, 1.82) is 5.26 Å². The molecular formula is C15H19FN2O. The minimum absolute atomic E-state index is 0.0862. The van der Waals surface area contributed by atoms with Gasteiger partial charge in [0.25, 0.3) is 0 Å². The van der Waals surface area contributed by atoms with Crippen LogP contribution in [0.4, 0.5) is 4.39 Å². The summed E-state index contributed by atoms with van der Waals surface area (Å²) in [6.07, 6.45) is 2.25. The Bertz CT molecular complexity index is 484. The number of aliphatic hydroxyl groups excluding tert-OH is 1. The van der Waals surface area contributed by atoms with Crippen molar-refractivity contribution in [2.45, 2.75) is 32.4 Å². The molecule has 0 bridgehead atoms. The van der Waals surface area contributed by atoms with Crippen molar-refractivity contribution < 1.29 is 9.50 Å². The van der Waals surface area contributed by atoms with Crippen molar-refractivity contribution in [3.8, 4) is 6.07 Å². The molecule has 3 nitrogen and oxygen atoms in total. The summed E-state index contributed by atoms with van der Waals surface area (Å²) in [6.45, 7) is 3.89. The lowest BCUT2D eigenvalue weighted by molar-refractivity contribution is 0.0472. The topological polar surface area (TPSA) is 47.3 Å². The Kier molecular flexibility index (Phi) is 4.52. The average molecular weight is 262 g/mol. The highest BCUT2D eigenvalue weighted by atomic mass is 19.1. The fourth-order valence-corrected chi connectivity index (χ4v) is 2.82. The van der Waals surface area contributed by atoms with Gasteiger partial charge in [-0.2, -0.15) is 5.26 Å². The lowest BCUT2D eigenvalue weighted by Gasteiger charge is -2.39. The van der Waals surface area contributed by atoms with Gasteiger partial charge >= 0.3 is 0 Å². The van der Waals surface area contributed by atoms with E-state index in [2.05, 4.69) is 11.8 Å². The number of nitriles is 1. The molecule has 0 saturated carbocycles. The van der Waals surface area contributed by atoms with Crippen molar-refractivity contribution in [1.82, 2.24) is 4.90 Å². The number of halogens is 1. The number of hydrogen-bond acceptors (Lipinski definition) is 3. The molecule has 1 fully saturated rings. The van der Waals surface area contributed by atoms with Crippen molar-refractivity contribution >= 4 is 0 Å². The number of hydrogen-bond donors (Lipinski definition) is 1. The maximum atomic E-state index is 13.3. The van der Waals surface area contributed by atoms with Gasteiger partial charge in [-0.15, -0.1) is 0 Å². The van der Waals surface area contributed by atoms with Gasteiger partial charge in [0.1, 0.15) is 11.9 Å². The molecule has 0 spiro atoms. The number of aliphatic hydroxyl groups is 1. The zero-order valence-corrected chi connectivity index (χ0v) is 11.1. The Morgan fingerprint density at radius 3 is 3.00 bits per heavy atom. The third kappa shape index (κ3) is 3.12. The minimum Gasteiger partial charge on any atom is -0.395 e. The highest BCUT2D eigenvalue weighted by molar-refractivity contribution is 5.34. The zero-order valence-electron chi connectivity index (χ0n) is 11.1. The van der Waals surface area contributed by atoms with Crippen molar-refractivity contribution in [2.24, 2.45) is 5.92 Å². The number of rotatable bonds is 3. The molecule has 19 heavy (non-hydrogen) atoms. The number of piperidine rings is 1. The van der Waals surface area contributed by atoms with Gasteiger partial charge in [0.05, 0.1) is 12.2 Å². The van der Waals surface area contributed by atoms with Crippen LogP contribution >= 0.6 is 0 Å². The first-order chi connectivity index (χ1) is 9.15. The molecule has 1 aliphatic rings. The van der Waals surface area contributed by atoms with Gasteiger partial charge in [0, 0.05) is 12.6 Å². The molecule has 4 heteroatoms. The maximum Gasteiger partial charge on any atom is 0.140 e. The van der Waals surface area contributed by atoms with Gasteiger partial charge in [-0.3, -0.25) is 4.90 Å². The molecular weight excluding hydrogens is 243 g/mol. The first kappa shape index (κ1) is 14.0. The molecule has 0 aromatic heterocycles. The molecule has 1 heterocycles. The molecule has 1 aromatic carbocycles. The number of benzene rings is 1. The number of likely N-dealkylation sites (tertiary alicyclic amines) is 1. The summed E-state index contributed by atoms with van der Waals surface area (Å²) in [7, 11) is 0. The quantitative estimate of drug-likeness (QED) is 0.909. The Balaban J connectivity index is 2.14. The molecule has 0 unspecified atom stereocenters. The van der Waals surface area contributed by atoms with Crippen LogP contribution in [-0.4, -0.2) is 29.2 Å². The average Bonchev–Trinajstić information content (AvgIpc) is 2.41. The molecule has 0 aliphatic carbocycles. The van der Waals surface area contributed by atoms with E-state index in [1.54, 1.807) is 12.1 Å². The van der Waals surface area contributed by atoms with E-state index in [1.165, 1.54) is 6.07 Å². The van der Waals surface area contributed by atoms with Crippen molar-refractivity contribution in [3.05, 3.63) is 35.1 Å². The van der Waals surface area contributed by atoms with Crippen LogP contribution in [0.3, 0.4) is 0 Å². The Labute approximate surface area is 113 Å². The van der Waals surface area contributed by atoms with Gasteiger partial charge in [-0.1, -0.05) is 13.0 Å². The largest absolute Gasteiger partial charge is 0.395 e. The predicted octanol–water partition coefficient (Wildman–Crippen LogP) is 2.29. The van der Waals surface area contributed by atoms with Crippen LogP contribution in [0.1, 0.15) is 30.9 Å². The van der Waals surface area contributed by atoms with Gasteiger partial charge in [-0.25, -0.2) is 4.39 Å². The van der Waals surface area contributed by atoms with E-state index in [0.29, 0.717) is 12.5 Å². The summed E-state index contributed by atoms with van der Waals surface area (Å²) in [6, 6.07) is 6.68. The fraction of sp³-hybridized carbons (Fsp3) is 0.533. The summed E-state index contributed by atoms with van der Waals surface area (Å²) in [5, 5.41) is 18.3. The third-order valence-electron chi connectivity index (χ3n) is 3.95. The van der Waals surface area contributed by atoms with Crippen LogP contribution < -0.4 is 0 Å². The summed E-state index contributed by atoms with van der Waals surface area (Å²) in [4.78, 5) is 2.22. The monoisotopic (exact) mass is 262 g/mol. The third-order valence-corrected chi connectivity index (χ3v) is 3.95. The summed E-state index contributed by atoms with van der Waals surface area (Å²) in [5.74, 6) is -0.00777. The van der Waals surface area contributed by atoms with Crippen LogP contribution in [0.2, 0.25) is 0 Å². The molecule has 102 valence electrons. The molecule has 1 saturated heterocycles. The highest BCUT2D eigenvalue weighted by Gasteiger charge is 2.27. The number of nitrogens with zero attached hydrogens (tertiary/aromatic N) is 2. The molecule has 2 rings (SSSR count). The second kappa shape index (κ2) is 6.14. The van der Waals surface area contributed by atoms with E-state index in [4.69, 9.17) is 5.26 Å². The minimum atomic E-state index is -0.475.